The van der Waals surface area contributed by atoms with Crippen molar-refractivity contribution in [2.24, 2.45) is 0 Å². The van der Waals surface area contributed by atoms with Gasteiger partial charge in [0.05, 0.1) is 16.8 Å². The molecular formula is C18H13F3N2. The highest BCUT2D eigenvalue weighted by Crippen LogP contribution is 2.31. The van der Waals surface area contributed by atoms with Gasteiger partial charge in [0.1, 0.15) is 0 Å². The first kappa shape index (κ1) is 15.2. The van der Waals surface area contributed by atoms with E-state index in [1.807, 2.05) is 18.2 Å². The molecule has 0 radical (unpaired) electrons. The Kier molecular flexibility index (Phi) is 4.10. The highest BCUT2D eigenvalue weighted by Gasteiger charge is 2.30. The van der Waals surface area contributed by atoms with Gasteiger partial charge in [-0.3, -0.25) is 4.98 Å². The average Bonchev–Trinajstić information content (AvgIpc) is 2.54. The van der Waals surface area contributed by atoms with Gasteiger partial charge >= 0.3 is 6.18 Å². The smallest absolute Gasteiger partial charge is 0.265 e. The van der Waals surface area contributed by atoms with Crippen LogP contribution >= 0.6 is 0 Å². The monoisotopic (exact) mass is 314 g/mol. The van der Waals surface area contributed by atoms with Crippen molar-refractivity contribution in [3.05, 3.63) is 77.8 Å². The second-order valence-electron chi connectivity index (χ2n) is 5.10. The van der Waals surface area contributed by atoms with Gasteiger partial charge in [0.2, 0.25) is 0 Å². The molecule has 0 atom stereocenters. The third kappa shape index (κ3) is 3.74. The number of rotatable bonds is 3. The Hall–Kier alpha value is -2.69. The molecule has 3 aromatic rings. The highest BCUT2D eigenvalue weighted by atomic mass is 19.4. The number of nitrogens with zero attached hydrogens (tertiary/aromatic N) is 2. The molecule has 0 aliphatic carbocycles. The SMILES string of the molecule is FC(F)(F)c1ccc2ccc(/C=C/Cc3ccncc3)nc2c1. The number of fused-ring (bicyclic) bond motifs is 1. The number of pyridine rings is 2. The van der Waals surface area contributed by atoms with Gasteiger partial charge in [-0.2, -0.15) is 13.2 Å². The van der Waals surface area contributed by atoms with Crippen molar-refractivity contribution in [1.82, 2.24) is 9.97 Å². The summed E-state index contributed by atoms with van der Waals surface area (Å²) in [5, 5.41) is 0.685. The molecule has 0 amide bonds. The Morgan fingerprint density at radius 3 is 2.43 bits per heavy atom. The van der Waals surface area contributed by atoms with E-state index in [-0.39, 0.29) is 0 Å². The summed E-state index contributed by atoms with van der Waals surface area (Å²) in [4.78, 5) is 8.23. The van der Waals surface area contributed by atoms with Crippen LogP contribution in [0.15, 0.2) is 60.9 Å². The highest BCUT2D eigenvalue weighted by molar-refractivity contribution is 5.80. The zero-order valence-electron chi connectivity index (χ0n) is 12.1. The van der Waals surface area contributed by atoms with Crippen LogP contribution in [0, 0.1) is 0 Å². The van der Waals surface area contributed by atoms with Crippen molar-refractivity contribution < 1.29 is 13.2 Å². The summed E-state index contributed by atoms with van der Waals surface area (Å²) in [6.07, 6.45) is 3.53. The van der Waals surface area contributed by atoms with Gasteiger partial charge in [-0.1, -0.05) is 18.2 Å². The number of alkyl halides is 3. The molecule has 0 saturated heterocycles. The molecule has 0 bridgehead atoms. The van der Waals surface area contributed by atoms with Crippen LogP contribution < -0.4 is 0 Å². The summed E-state index contributed by atoms with van der Waals surface area (Å²) in [6.45, 7) is 0. The quantitative estimate of drug-likeness (QED) is 0.687. The zero-order valence-corrected chi connectivity index (χ0v) is 12.1. The summed E-state index contributed by atoms with van der Waals surface area (Å²) in [7, 11) is 0. The number of halogens is 3. The van der Waals surface area contributed by atoms with E-state index < -0.39 is 11.7 Å². The molecular weight excluding hydrogens is 301 g/mol. The summed E-state index contributed by atoms with van der Waals surface area (Å²) in [5.74, 6) is 0. The Balaban J connectivity index is 1.84. The first-order valence-electron chi connectivity index (χ1n) is 7.06. The van der Waals surface area contributed by atoms with Crippen molar-refractivity contribution >= 4 is 17.0 Å². The number of benzene rings is 1. The molecule has 0 N–H and O–H groups in total. The Morgan fingerprint density at radius 1 is 0.957 bits per heavy atom. The minimum Gasteiger partial charge on any atom is -0.265 e. The summed E-state index contributed by atoms with van der Waals surface area (Å²) in [5.41, 5.74) is 1.39. The predicted molar refractivity (Wildman–Crippen MR) is 83.7 cm³/mol. The van der Waals surface area contributed by atoms with Crippen LogP contribution in [0.2, 0.25) is 0 Å². The van der Waals surface area contributed by atoms with Crippen LogP contribution in [-0.2, 0) is 12.6 Å². The molecule has 1 aromatic carbocycles. The maximum absolute atomic E-state index is 12.8. The molecule has 0 fully saturated rings. The van der Waals surface area contributed by atoms with E-state index in [4.69, 9.17) is 0 Å². The number of hydrogen-bond acceptors (Lipinski definition) is 2. The van der Waals surface area contributed by atoms with Crippen LogP contribution in [0.3, 0.4) is 0 Å². The second-order valence-corrected chi connectivity index (χ2v) is 5.10. The molecule has 2 heterocycles. The second kappa shape index (κ2) is 6.20. The van der Waals surface area contributed by atoms with E-state index in [1.165, 1.54) is 6.07 Å². The lowest BCUT2D eigenvalue weighted by Gasteiger charge is -2.07. The normalized spacial score (nSPS) is 12.1. The van der Waals surface area contributed by atoms with Gasteiger partial charge in [0.15, 0.2) is 0 Å². The molecule has 5 heteroatoms. The van der Waals surface area contributed by atoms with E-state index in [9.17, 15) is 13.2 Å². The minimum absolute atomic E-state index is 0.339. The first-order chi connectivity index (χ1) is 11.0. The fourth-order valence-corrected chi connectivity index (χ4v) is 2.24. The number of allylic oxidation sites excluding steroid dienone is 1. The molecule has 3 rings (SSSR count). The van der Waals surface area contributed by atoms with Crippen LogP contribution in [0.4, 0.5) is 13.2 Å². The number of hydrogen-bond donors (Lipinski definition) is 0. The molecule has 0 spiro atoms. The van der Waals surface area contributed by atoms with E-state index in [0.29, 0.717) is 23.0 Å². The van der Waals surface area contributed by atoms with E-state index >= 15 is 0 Å². The number of aromatic nitrogens is 2. The largest absolute Gasteiger partial charge is 0.416 e. The Morgan fingerprint density at radius 2 is 1.70 bits per heavy atom. The fourth-order valence-electron chi connectivity index (χ4n) is 2.24. The summed E-state index contributed by atoms with van der Waals surface area (Å²) < 4.78 is 38.3. The summed E-state index contributed by atoms with van der Waals surface area (Å²) >= 11 is 0. The molecule has 2 aromatic heterocycles. The third-order valence-electron chi connectivity index (χ3n) is 3.43. The standard InChI is InChI=1S/C18H13F3N2/c19-18(20,21)15-6-4-14-5-7-16(23-17(14)12-15)3-1-2-13-8-10-22-11-9-13/h1,3-12H,2H2/b3-1+. The minimum atomic E-state index is -4.36. The van der Waals surface area contributed by atoms with Crippen LogP contribution in [0.1, 0.15) is 16.8 Å². The third-order valence-corrected chi connectivity index (χ3v) is 3.43. The van der Waals surface area contributed by atoms with Gasteiger partial charge < -0.3 is 0 Å². The molecule has 23 heavy (non-hydrogen) atoms. The van der Waals surface area contributed by atoms with Gasteiger partial charge in [-0.15, -0.1) is 0 Å². The van der Waals surface area contributed by atoms with E-state index in [0.717, 1.165) is 17.7 Å². The fraction of sp³-hybridized carbons (Fsp3) is 0.111. The average molecular weight is 314 g/mol. The molecule has 0 unspecified atom stereocenters. The Labute approximate surface area is 131 Å². The molecule has 0 aliphatic rings. The molecule has 116 valence electrons. The molecule has 2 nitrogen and oxygen atoms in total. The summed E-state index contributed by atoms with van der Waals surface area (Å²) in [6, 6.07) is 11.0. The molecule has 0 saturated carbocycles. The van der Waals surface area contributed by atoms with Crippen LogP contribution in [-0.4, -0.2) is 9.97 Å². The lowest BCUT2D eigenvalue weighted by molar-refractivity contribution is -0.137. The lowest BCUT2D eigenvalue weighted by atomic mass is 10.1. The van der Waals surface area contributed by atoms with Gasteiger partial charge in [-0.05, 0) is 48.4 Å². The first-order valence-corrected chi connectivity index (χ1v) is 7.06. The van der Waals surface area contributed by atoms with Gasteiger partial charge in [-0.25, -0.2) is 4.98 Å². The van der Waals surface area contributed by atoms with Crippen molar-refractivity contribution in [2.75, 3.05) is 0 Å². The van der Waals surface area contributed by atoms with Crippen molar-refractivity contribution in [3.63, 3.8) is 0 Å². The van der Waals surface area contributed by atoms with E-state index in [2.05, 4.69) is 9.97 Å². The Bertz CT molecular complexity index is 840. The maximum Gasteiger partial charge on any atom is 0.416 e. The van der Waals surface area contributed by atoms with Crippen LogP contribution in [0.5, 0.6) is 0 Å². The van der Waals surface area contributed by atoms with Crippen molar-refractivity contribution in [2.45, 2.75) is 12.6 Å². The van der Waals surface area contributed by atoms with E-state index in [1.54, 1.807) is 30.6 Å². The van der Waals surface area contributed by atoms with Crippen molar-refractivity contribution in [3.8, 4) is 0 Å². The van der Waals surface area contributed by atoms with Crippen LogP contribution in [0.25, 0.3) is 17.0 Å². The zero-order chi connectivity index (χ0) is 16.3. The van der Waals surface area contributed by atoms with Gasteiger partial charge in [0, 0.05) is 17.8 Å². The maximum atomic E-state index is 12.8. The predicted octanol–water partition coefficient (Wildman–Crippen LogP) is 4.90. The van der Waals surface area contributed by atoms with Gasteiger partial charge in [0.25, 0.3) is 0 Å². The topological polar surface area (TPSA) is 25.8 Å². The molecule has 0 aliphatic heterocycles. The van der Waals surface area contributed by atoms with Crippen molar-refractivity contribution in [1.29, 1.82) is 0 Å². The lowest BCUT2D eigenvalue weighted by Crippen LogP contribution is -2.04.